The molecular weight excluding hydrogens is 830 g/mol. The number of carbonyl (C=O) groups excluding carboxylic acids is 1. The van der Waals surface area contributed by atoms with Gasteiger partial charge in [-0.2, -0.15) is 5.10 Å². The lowest BCUT2D eigenvalue weighted by molar-refractivity contribution is -0.144. The molecule has 3 aromatic carbocycles. The first-order valence-corrected chi connectivity index (χ1v) is 23.0. The average Bonchev–Trinajstić information content (AvgIpc) is 3.84. The van der Waals surface area contributed by atoms with Crippen molar-refractivity contribution in [3.63, 3.8) is 0 Å². The Bertz CT molecular complexity index is 2500. The molecule has 336 valence electrons. The number of fused-ring (bicyclic) bond motifs is 3. The van der Waals surface area contributed by atoms with E-state index in [1.807, 2.05) is 49.8 Å². The Balaban J connectivity index is 0.948. The second-order valence-corrected chi connectivity index (χ2v) is 18.8. The summed E-state index contributed by atoms with van der Waals surface area (Å²) in [5.41, 5.74) is 6.24. The van der Waals surface area contributed by atoms with Gasteiger partial charge in [0.15, 0.2) is 6.04 Å². The lowest BCUT2D eigenvalue weighted by Gasteiger charge is -2.47. The minimum atomic E-state index is -1.21. The maximum Gasteiger partial charge on any atom is 0.330 e. The maximum atomic E-state index is 13.1. The Hall–Kier alpha value is -5.88. The van der Waals surface area contributed by atoms with E-state index in [0.717, 1.165) is 54.7 Å². The van der Waals surface area contributed by atoms with Crippen LogP contribution in [0.25, 0.3) is 11.1 Å². The number of aromatic nitrogens is 3. The Kier molecular flexibility index (Phi) is 13.3. The number of carboxylic acid groups (broad SMARTS) is 2. The Morgan fingerprint density at radius 3 is 2.55 bits per heavy atom. The molecule has 0 aliphatic heterocycles. The van der Waals surface area contributed by atoms with Gasteiger partial charge in [0.2, 0.25) is 5.91 Å². The predicted octanol–water partition coefficient (Wildman–Crippen LogP) is 9.70. The number of carboxylic acids is 2. The topological polar surface area (TPSA) is 165 Å². The van der Waals surface area contributed by atoms with Crippen LogP contribution in [0.4, 0.5) is 5.69 Å². The van der Waals surface area contributed by atoms with Crippen molar-refractivity contribution in [2.45, 2.75) is 107 Å². The number of carbonyl (C=O) groups is 3. The first-order chi connectivity index (χ1) is 30.8. The van der Waals surface area contributed by atoms with Gasteiger partial charge in [-0.25, -0.2) is 9.59 Å². The fraction of sp³-hybridized carbons (Fsp3) is 0.431. The van der Waals surface area contributed by atoms with E-state index in [2.05, 4.69) is 46.7 Å². The van der Waals surface area contributed by atoms with Crippen LogP contribution in [0.2, 0.25) is 5.02 Å². The third-order valence-electron chi connectivity index (χ3n) is 13.9. The minimum Gasteiger partial charge on any atom is -0.494 e. The standard InChI is InChI=1S/C51H58ClN5O7/c1-32(31-64-44-17-22-53-43-13-4-8-33(2)46(43)44)24-38-26-35-15-16-41(28-42(35)50(38)18-20-51(21-19-50,49(61)62)56-40-12-6-11-39(52)27-40)63-23-7-14-45(58)55-47(48(59)60)36-10-5-9-34(25-36)37-29-54-57(3)30-37/h5-6,9-12,15-17,22,25,27-30,32-33,38,47,56H,4,7-8,13-14,18-21,23-24,26,31H2,1-3H3,(H,55,58)(H,59,60)(H,61,62)/t32-,33-,38+,47?,50?,51?/m1/s1. The van der Waals surface area contributed by atoms with Gasteiger partial charge in [-0.1, -0.05) is 55.8 Å². The summed E-state index contributed by atoms with van der Waals surface area (Å²) < 4.78 is 14.6. The molecule has 1 amide bonds. The molecule has 3 aliphatic carbocycles. The summed E-state index contributed by atoms with van der Waals surface area (Å²) in [6.07, 6.45) is 13.1. The van der Waals surface area contributed by atoms with E-state index in [4.69, 9.17) is 21.1 Å². The summed E-state index contributed by atoms with van der Waals surface area (Å²) in [6, 6.07) is 21.4. The number of hydrogen-bond acceptors (Lipinski definition) is 8. The van der Waals surface area contributed by atoms with Crippen molar-refractivity contribution in [3.8, 4) is 22.6 Å². The van der Waals surface area contributed by atoms with Crippen LogP contribution >= 0.6 is 11.6 Å². The number of hydrogen-bond donors (Lipinski definition) is 4. The molecule has 1 saturated carbocycles. The van der Waals surface area contributed by atoms with Crippen LogP contribution in [0.3, 0.4) is 0 Å². The van der Waals surface area contributed by atoms with Gasteiger partial charge in [0.05, 0.1) is 19.4 Å². The van der Waals surface area contributed by atoms with Crippen LogP contribution in [-0.4, -0.2) is 61.6 Å². The number of aliphatic carboxylic acids is 2. The van der Waals surface area contributed by atoms with Gasteiger partial charge in [-0.15, -0.1) is 0 Å². The second-order valence-electron chi connectivity index (χ2n) is 18.3. The van der Waals surface area contributed by atoms with Crippen LogP contribution in [-0.2, 0) is 39.7 Å². The third kappa shape index (κ3) is 9.62. The van der Waals surface area contributed by atoms with Gasteiger partial charge in [0, 0.05) is 53.4 Å². The fourth-order valence-electron chi connectivity index (χ4n) is 10.6. The molecule has 2 aromatic heterocycles. The van der Waals surface area contributed by atoms with Crippen LogP contribution in [0.1, 0.15) is 112 Å². The number of benzene rings is 3. The number of nitrogens with zero attached hydrogens (tertiary/aromatic N) is 3. The lowest BCUT2D eigenvalue weighted by atomic mass is 9.59. The van der Waals surface area contributed by atoms with Crippen molar-refractivity contribution >= 4 is 35.1 Å². The number of anilines is 1. The number of halogens is 1. The molecule has 4 N–H and O–H groups in total. The average molecular weight is 889 g/mol. The normalized spacial score (nSPS) is 22.2. The highest BCUT2D eigenvalue weighted by Gasteiger charge is 2.54. The lowest BCUT2D eigenvalue weighted by Crippen LogP contribution is -2.53. The van der Waals surface area contributed by atoms with Crippen molar-refractivity contribution in [1.29, 1.82) is 0 Å². The van der Waals surface area contributed by atoms with Crippen LogP contribution in [0.15, 0.2) is 91.4 Å². The van der Waals surface area contributed by atoms with Crippen LogP contribution < -0.4 is 20.1 Å². The molecule has 12 nitrogen and oxygen atoms in total. The third-order valence-corrected chi connectivity index (χ3v) is 14.1. The maximum absolute atomic E-state index is 13.1. The largest absolute Gasteiger partial charge is 0.494 e. The van der Waals surface area contributed by atoms with Crippen molar-refractivity contribution in [3.05, 3.63) is 124 Å². The minimum absolute atomic E-state index is 0.0844. The van der Waals surface area contributed by atoms with Gasteiger partial charge >= 0.3 is 11.9 Å². The molecule has 8 rings (SSSR count). The highest BCUT2D eigenvalue weighted by Crippen LogP contribution is 2.57. The number of rotatable bonds is 17. The molecule has 1 spiro atoms. The summed E-state index contributed by atoms with van der Waals surface area (Å²) in [7, 11) is 1.81. The molecule has 0 radical (unpaired) electrons. The number of amides is 1. The van der Waals surface area contributed by atoms with Gasteiger partial charge in [-0.05, 0) is 152 Å². The van der Waals surface area contributed by atoms with E-state index in [1.165, 1.54) is 16.7 Å². The number of ether oxygens (including phenoxy) is 2. The van der Waals surface area contributed by atoms with Gasteiger partial charge in [0.1, 0.15) is 17.0 Å². The number of nitrogens with one attached hydrogen (secondary N) is 2. The van der Waals surface area contributed by atoms with E-state index in [-0.39, 0.29) is 36.2 Å². The summed E-state index contributed by atoms with van der Waals surface area (Å²) in [4.78, 5) is 43.2. The number of aryl methyl sites for hydroxylation is 2. The molecule has 0 saturated heterocycles. The zero-order valence-electron chi connectivity index (χ0n) is 36.8. The predicted molar refractivity (Wildman–Crippen MR) is 246 cm³/mol. The molecule has 13 heteroatoms. The van der Waals surface area contributed by atoms with E-state index in [1.54, 1.807) is 41.2 Å². The first-order valence-electron chi connectivity index (χ1n) is 22.6. The smallest absolute Gasteiger partial charge is 0.330 e. The van der Waals surface area contributed by atoms with E-state index in [0.29, 0.717) is 66.7 Å². The monoisotopic (exact) mass is 887 g/mol. The van der Waals surface area contributed by atoms with E-state index < -0.39 is 23.5 Å². The molecule has 2 heterocycles. The summed E-state index contributed by atoms with van der Waals surface area (Å²) in [5.74, 6) is 0.140. The summed E-state index contributed by atoms with van der Waals surface area (Å²) in [5, 5.41) is 31.6. The molecule has 1 fully saturated rings. The van der Waals surface area contributed by atoms with Crippen LogP contribution in [0, 0.1) is 11.8 Å². The molecular formula is C51H58ClN5O7. The van der Waals surface area contributed by atoms with E-state index in [9.17, 15) is 24.6 Å². The second kappa shape index (κ2) is 19.1. The quantitative estimate of drug-likeness (QED) is 0.0661. The molecule has 1 unspecified atom stereocenters. The highest BCUT2D eigenvalue weighted by atomic mass is 35.5. The number of pyridine rings is 1. The molecule has 64 heavy (non-hydrogen) atoms. The first kappa shape index (κ1) is 44.7. The van der Waals surface area contributed by atoms with Gasteiger partial charge in [-0.3, -0.25) is 14.5 Å². The molecule has 5 aromatic rings. The molecule has 4 atom stereocenters. The highest BCUT2D eigenvalue weighted by molar-refractivity contribution is 6.30. The zero-order chi connectivity index (χ0) is 45.0. The Labute approximate surface area is 379 Å². The summed E-state index contributed by atoms with van der Waals surface area (Å²) in [6.45, 7) is 5.35. The van der Waals surface area contributed by atoms with Crippen molar-refractivity contribution in [2.75, 3.05) is 18.5 Å². The zero-order valence-corrected chi connectivity index (χ0v) is 37.6. The van der Waals surface area contributed by atoms with Crippen LogP contribution in [0.5, 0.6) is 11.5 Å². The Morgan fingerprint density at radius 2 is 1.80 bits per heavy atom. The SMILES string of the molecule is C[C@@H](COc1ccnc2c1[C@H](C)CCC2)C[C@H]1Cc2ccc(OCCCC(=O)NC(C(=O)O)c3cccc(-c4cnn(C)c4)c3)cc2C12CCC(Nc1cccc(Cl)c1)(C(=O)O)CC2. The van der Waals surface area contributed by atoms with Crippen molar-refractivity contribution < 1.29 is 34.1 Å². The molecule has 0 bridgehead atoms. The summed E-state index contributed by atoms with van der Waals surface area (Å²) >= 11 is 6.31. The van der Waals surface area contributed by atoms with Gasteiger partial charge in [0.25, 0.3) is 0 Å². The van der Waals surface area contributed by atoms with E-state index >= 15 is 0 Å². The Morgan fingerprint density at radius 1 is 0.984 bits per heavy atom. The van der Waals surface area contributed by atoms with Crippen molar-refractivity contribution in [1.82, 2.24) is 20.1 Å². The van der Waals surface area contributed by atoms with Crippen molar-refractivity contribution in [2.24, 2.45) is 18.9 Å². The van der Waals surface area contributed by atoms with Gasteiger partial charge < -0.3 is 30.3 Å². The molecule has 3 aliphatic rings. The fourth-order valence-corrected chi connectivity index (χ4v) is 10.8.